The van der Waals surface area contributed by atoms with E-state index in [4.69, 9.17) is 9.31 Å². The molecule has 0 amide bonds. The van der Waals surface area contributed by atoms with Crippen LogP contribution in [0.25, 0.3) is 0 Å². The van der Waals surface area contributed by atoms with Crippen LogP contribution in [0.4, 0.5) is 0 Å². The van der Waals surface area contributed by atoms with Crippen LogP contribution in [0.5, 0.6) is 0 Å². The third kappa shape index (κ3) is 5.30. The Morgan fingerprint density at radius 2 is 1.60 bits per heavy atom. The fourth-order valence-corrected chi connectivity index (χ4v) is 2.33. The van der Waals surface area contributed by atoms with Gasteiger partial charge in [-0.2, -0.15) is 12.1 Å². The summed E-state index contributed by atoms with van der Waals surface area (Å²) in [5.41, 5.74) is 1.03. The van der Waals surface area contributed by atoms with Crippen molar-refractivity contribution in [1.29, 1.82) is 0 Å². The summed E-state index contributed by atoms with van der Waals surface area (Å²) < 4.78 is 11.6. The first-order valence-corrected chi connectivity index (χ1v) is 6.78. The molecule has 1 aliphatic rings. The molecular formula is C16H21BFeO2-6. The summed E-state index contributed by atoms with van der Waals surface area (Å²) in [5, 5.41) is 0. The molecule has 0 N–H and O–H groups in total. The Morgan fingerprint density at radius 3 is 2.05 bits per heavy atom. The molecule has 114 valence electrons. The maximum atomic E-state index is 5.87. The normalized spacial score (nSPS) is 20.6. The van der Waals surface area contributed by atoms with Crippen LogP contribution in [0.2, 0.25) is 0 Å². The van der Waals surface area contributed by atoms with E-state index < -0.39 is 0 Å². The second-order valence-electron chi connectivity index (χ2n) is 5.54. The monoisotopic (exact) mass is 312 g/mol. The molecule has 1 aliphatic heterocycles. The van der Waals surface area contributed by atoms with Gasteiger partial charge in [0.1, 0.15) is 0 Å². The molecular weight excluding hydrogens is 291 g/mol. The van der Waals surface area contributed by atoms with Crippen LogP contribution in [-0.4, -0.2) is 18.8 Å². The van der Waals surface area contributed by atoms with Crippen molar-refractivity contribution in [2.75, 3.05) is 0 Å². The van der Waals surface area contributed by atoms with Gasteiger partial charge < -0.3 is 39.6 Å². The minimum Gasteiger partial charge on any atom is -0.748 e. The fourth-order valence-electron chi connectivity index (χ4n) is 2.33. The average Bonchev–Trinajstić information content (AvgIpc) is 3.04. The summed E-state index contributed by atoms with van der Waals surface area (Å²) in [5.74, 6) is 0. The smallest absolute Gasteiger partial charge is 0.418 e. The van der Waals surface area contributed by atoms with Crippen molar-refractivity contribution < 1.29 is 26.4 Å². The van der Waals surface area contributed by atoms with Crippen molar-refractivity contribution in [3.05, 3.63) is 54.6 Å². The van der Waals surface area contributed by atoms with E-state index in [0.717, 1.165) is 11.9 Å². The number of hydrogen-bond donors (Lipinski definition) is 0. The molecule has 0 aliphatic carbocycles. The van der Waals surface area contributed by atoms with Crippen LogP contribution in [0.1, 0.15) is 27.2 Å². The molecule has 1 saturated heterocycles. The van der Waals surface area contributed by atoms with E-state index in [1.807, 2.05) is 54.6 Å². The van der Waals surface area contributed by atoms with Gasteiger partial charge in [0, 0.05) is 28.8 Å². The Labute approximate surface area is 132 Å². The second-order valence-corrected chi connectivity index (χ2v) is 5.54. The van der Waals surface area contributed by atoms with Gasteiger partial charge in [0.15, 0.2) is 0 Å². The van der Waals surface area contributed by atoms with Crippen LogP contribution in [-0.2, 0) is 26.4 Å². The van der Waals surface area contributed by atoms with E-state index in [2.05, 4.69) is 20.8 Å². The molecule has 1 heterocycles. The first-order chi connectivity index (χ1) is 9.07. The molecule has 0 aromatic heterocycles. The topological polar surface area (TPSA) is 18.5 Å². The largest absolute Gasteiger partial charge is 0.748 e. The summed E-state index contributed by atoms with van der Waals surface area (Å²) in [4.78, 5) is 0. The molecule has 2 aromatic rings. The molecule has 0 saturated carbocycles. The molecule has 1 atom stereocenters. The maximum absolute atomic E-state index is 5.87. The molecule has 1 fully saturated rings. The minimum atomic E-state index is -0.191. The molecule has 2 aromatic carbocycles. The van der Waals surface area contributed by atoms with Gasteiger partial charge in [0.05, 0.1) is 0 Å². The van der Waals surface area contributed by atoms with Gasteiger partial charge in [-0.3, -0.25) is 0 Å². The van der Waals surface area contributed by atoms with E-state index in [1.54, 1.807) is 0 Å². The summed E-state index contributed by atoms with van der Waals surface area (Å²) in [6.07, 6.45) is 1.21. The van der Waals surface area contributed by atoms with E-state index >= 15 is 0 Å². The summed E-state index contributed by atoms with van der Waals surface area (Å²) in [6.45, 7) is 6.32. The van der Waals surface area contributed by atoms with Crippen molar-refractivity contribution in [3.63, 3.8) is 0 Å². The summed E-state index contributed by atoms with van der Waals surface area (Å²) >= 11 is 0. The Balaban J connectivity index is 0.000000283. The van der Waals surface area contributed by atoms with E-state index in [1.165, 1.54) is 0 Å². The minimum absolute atomic E-state index is 0. The predicted octanol–water partition coefficient (Wildman–Crippen LogP) is 3.11. The Hall–Kier alpha value is -0.796. The van der Waals surface area contributed by atoms with Crippen molar-refractivity contribution >= 4 is 12.6 Å². The zero-order valence-corrected chi connectivity index (χ0v) is 13.3. The summed E-state index contributed by atoms with van der Waals surface area (Å²) in [7, 11) is -0.191. The SMILES string of the molecule is CC1CC(C)(C)OB([c-]2cccc2)O1.[Fe].[cH-]1[cH-][cH-][cH-][cH-]1. The Bertz CT molecular complexity index is 434. The molecule has 0 radical (unpaired) electrons. The molecule has 2 nitrogen and oxygen atoms in total. The van der Waals surface area contributed by atoms with Gasteiger partial charge in [-0.25, -0.2) is 12.1 Å². The van der Waals surface area contributed by atoms with E-state index in [0.29, 0.717) is 0 Å². The third-order valence-corrected chi connectivity index (χ3v) is 3.08. The van der Waals surface area contributed by atoms with Crippen molar-refractivity contribution in [1.82, 2.24) is 0 Å². The second kappa shape index (κ2) is 7.85. The zero-order chi connectivity index (χ0) is 13.7. The summed E-state index contributed by atoms with van der Waals surface area (Å²) in [6, 6.07) is 18.1. The molecule has 4 heteroatoms. The van der Waals surface area contributed by atoms with Gasteiger partial charge in [0.25, 0.3) is 0 Å². The quantitative estimate of drug-likeness (QED) is 0.595. The van der Waals surface area contributed by atoms with Crippen LogP contribution in [0.15, 0.2) is 54.6 Å². The average molecular weight is 312 g/mol. The molecule has 0 bridgehead atoms. The van der Waals surface area contributed by atoms with E-state index in [-0.39, 0.29) is 35.9 Å². The number of rotatable bonds is 1. The molecule has 3 rings (SSSR count). The van der Waals surface area contributed by atoms with Crippen LogP contribution >= 0.6 is 0 Å². The van der Waals surface area contributed by atoms with Crippen molar-refractivity contribution in [2.24, 2.45) is 0 Å². The Kier molecular flexibility index (Phi) is 6.77. The van der Waals surface area contributed by atoms with Crippen LogP contribution < -0.4 is 5.46 Å². The Morgan fingerprint density at radius 1 is 1.10 bits per heavy atom. The van der Waals surface area contributed by atoms with Crippen molar-refractivity contribution in [2.45, 2.75) is 38.9 Å². The maximum Gasteiger partial charge on any atom is 0.418 e. The van der Waals surface area contributed by atoms with Gasteiger partial charge in [-0.15, -0.1) is 5.46 Å². The van der Waals surface area contributed by atoms with Crippen LogP contribution in [0.3, 0.4) is 0 Å². The molecule has 0 spiro atoms. The van der Waals surface area contributed by atoms with Gasteiger partial charge >= 0.3 is 7.12 Å². The fraction of sp³-hybridized carbons (Fsp3) is 0.375. The van der Waals surface area contributed by atoms with E-state index in [9.17, 15) is 0 Å². The third-order valence-electron chi connectivity index (χ3n) is 3.08. The predicted molar refractivity (Wildman–Crippen MR) is 79.8 cm³/mol. The van der Waals surface area contributed by atoms with Crippen molar-refractivity contribution in [3.8, 4) is 0 Å². The molecule has 1 unspecified atom stereocenters. The van der Waals surface area contributed by atoms with Crippen LogP contribution in [0, 0.1) is 0 Å². The van der Waals surface area contributed by atoms with Gasteiger partial charge in [-0.05, 0) is 27.2 Å². The number of hydrogen-bond acceptors (Lipinski definition) is 2. The molecule has 20 heavy (non-hydrogen) atoms. The zero-order valence-electron chi connectivity index (χ0n) is 12.2. The van der Waals surface area contributed by atoms with Gasteiger partial charge in [0.2, 0.25) is 0 Å². The first kappa shape index (κ1) is 17.3. The first-order valence-electron chi connectivity index (χ1n) is 6.78. The van der Waals surface area contributed by atoms with Gasteiger partial charge in [-0.1, -0.05) is 0 Å². The standard InChI is InChI=1S/C11H16BO2.C5H5.Fe/c1-9-8-11(2,3)14-12(13-9)10-6-4-5-7-10;1-2-4-5-3-1;/h4-7,9H,8H2,1-3H3;1-5H;/q-1;-5;.